The Morgan fingerprint density at radius 2 is 2.13 bits per heavy atom. The molecule has 6 nitrogen and oxygen atoms in total. The molecule has 0 radical (unpaired) electrons. The van der Waals surface area contributed by atoms with Gasteiger partial charge in [0.05, 0.1) is 24.5 Å². The summed E-state index contributed by atoms with van der Waals surface area (Å²) >= 11 is 0. The maximum absolute atomic E-state index is 10.5. The van der Waals surface area contributed by atoms with Crippen molar-refractivity contribution in [1.29, 1.82) is 0 Å². The summed E-state index contributed by atoms with van der Waals surface area (Å²) < 4.78 is 0. The van der Waals surface area contributed by atoms with Gasteiger partial charge in [0.2, 0.25) is 0 Å². The van der Waals surface area contributed by atoms with Crippen molar-refractivity contribution in [2.75, 3.05) is 11.9 Å². The highest BCUT2D eigenvalue weighted by Crippen LogP contribution is 2.10. The first-order valence-electron chi connectivity index (χ1n) is 4.39. The van der Waals surface area contributed by atoms with Gasteiger partial charge in [0.25, 0.3) is 0 Å². The van der Waals surface area contributed by atoms with Crippen molar-refractivity contribution in [2.24, 2.45) is 0 Å². The fraction of sp³-hybridized carbons (Fsp3) is 0.444. The Bertz CT molecular complexity index is 348. The Hall–Kier alpha value is -1.69. The largest absolute Gasteiger partial charge is 0.476 e. The molecule has 0 aliphatic rings. The Labute approximate surface area is 87.0 Å². The minimum Gasteiger partial charge on any atom is -0.476 e. The number of nitrogens with zero attached hydrogens (tertiary/aromatic N) is 2. The molecule has 0 bridgehead atoms. The van der Waals surface area contributed by atoms with Crippen LogP contribution in [0.4, 0.5) is 5.82 Å². The molecule has 0 unspecified atom stereocenters. The average molecular weight is 211 g/mol. The van der Waals surface area contributed by atoms with E-state index in [0.717, 1.165) is 6.20 Å². The second kappa shape index (κ2) is 4.22. The lowest BCUT2D eigenvalue weighted by molar-refractivity contribution is 0.0690. The molecule has 82 valence electrons. The summed E-state index contributed by atoms with van der Waals surface area (Å²) in [6.45, 7) is 3.52. The predicted molar refractivity (Wildman–Crippen MR) is 53.8 cm³/mol. The first-order chi connectivity index (χ1) is 6.94. The van der Waals surface area contributed by atoms with Gasteiger partial charge >= 0.3 is 5.97 Å². The molecule has 6 heteroatoms. The average Bonchev–Trinajstić information content (AvgIpc) is 2.18. The zero-order valence-corrected chi connectivity index (χ0v) is 8.56. The molecule has 0 saturated carbocycles. The number of nitrogens with one attached hydrogen (secondary N) is 1. The molecule has 15 heavy (non-hydrogen) atoms. The van der Waals surface area contributed by atoms with Gasteiger partial charge in [0, 0.05) is 0 Å². The smallest absolute Gasteiger partial charge is 0.356 e. The van der Waals surface area contributed by atoms with Crippen LogP contribution in [0.15, 0.2) is 12.4 Å². The molecule has 0 atom stereocenters. The van der Waals surface area contributed by atoms with E-state index >= 15 is 0 Å². The number of rotatable bonds is 4. The van der Waals surface area contributed by atoms with Gasteiger partial charge in [-0.3, -0.25) is 0 Å². The summed E-state index contributed by atoms with van der Waals surface area (Å²) in [5.74, 6) is -0.686. The van der Waals surface area contributed by atoms with Gasteiger partial charge in [-0.1, -0.05) is 0 Å². The van der Waals surface area contributed by atoms with Crippen LogP contribution in [0.25, 0.3) is 0 Å². The molecule has 3 N–H and O–H groups in total. The molecule has 0 amide bonds. The van der Waals surface area contributed by atoms with Crippen molar-refractivity contribution < 1.29 is 15.0 Å². The van der Waals surface area contributed by atoms with E-state index in [4.69, 9.17) is 10.2 Å². The number of hydrogen-bond donors (Lipinski definition) is 3. The van der Waals surface area contributed by atoms with Gasteiger partial charge in [-0.05, 0) is 13.8 Å². The molecule has 1 aromatic heterocycles. The zero-order valence-electron chi connectivity index (χ0n) is 8.56. The quantitative estimate of drug-likeness (QED) is 0.665. The van der Waals surface area contributed by atoms with Crippen LogP contribution in [-0.2, 0) is 0 Å². The molecular weight excluding hydrogens is 198 g/mol. The second-order valence-electron chi connectivity index (χ2n) is 3.76. The van der Waals surface area contributed by atoms with Crippen LogP contribution < -0.4 is 5.32 Å². The van der Waals surface area contributed by atoms with Gasteiger partial charge in [0.15, 0.2) is 5.69 Å². The maximum atomic E-state index is 10.5. The molecule has 0 aliphatic heterocycles. The molecule has 0 aliphatic carbocycles. The van der Waals surface area contributed by atoms with E-state index < -0.39 is 11.5 Å². The number of carboxylic acids is 1. The fourth-order valence-corrected chi connectivity index (χ4v) is 0.889. The third-order valence-electron chi connectivity index (χ3n) is 1.73. The van der Waals surface area contributed by atoms with Crippen molar-refractivity contribution in [1.82, 2.24) is 9.97 Å². The molecule has 0 spiro atoms. The van der Waals surface area contributed by atoms with Crippen LogP contribution in [0, 0.1) is 0 Å². The highest BCUT2D eigenvalue weighted by Gasteiger charge is 2.16. The summed E-state index contributed by atoms with van der Waals surface area (Å²) in [6.07, 6.45) is 2.49. The summed E-state index contributed by atoms with van der Waals surface area (Å²) in [6, 6.07) is 0. The van der Waals surface area contributed by atoms with Crippen molar-refractivity contribution >= 4 is 11.8 Å². The summed E-state index contributed by atoms with van der Waals surface area (Å²) in [4.78, 5) is 18.0. The minimum absolute atomic E-state index is 0.0602. The molecule has 1 heterocycles. The lowest BCUT2D eigenvalue weighted by Gasteiger charge is -2.23. The van der Waals surface area contributed by atoms with Crippen LogP contribution >= 0.6 is 0 Å². The molecule has 0 fully saturated rings. The molecule has 1 rings (SSSR count). The molecule has 0 saturated heterocycles. The lowest BCUT2D eigenvalue weighted by atomic mass is 10.1. The zero-order chi connectivity index (χ0) is 11.5. The van der Waals surface area contributed by atoms with E-state index in [1.54, 1.807) is 13.8 Å². The summed E-state index contributed by atoms with van der Waals surface area (Å²) in [7, 11) is 0. The topological polar surface area (TPSA) is 95.3 Å². The van der Waals surface area contributed by atoms with Gasteiger partial charge in [0.1, 0.15) is 5.82 Å². The third kappa shape index (κ3) is 3.17. The Kier molecular flexibility index (Phi) is 3.21. The number of anilines is 1. The van der Waals surface area contributed by atoms with E-state index in [1.807, 2.05) is 0 Å². The minimum atomic E-state index is -1.12. The van der Waals surface area contributed by atoms with Crippen molar-refractivity contribution in [3.8, 4) is 0 Å². The van der Waals surface area contributed by atoms with Gasteiger partial charge in [-0.25, -0.2) is 14.8 Å². The highest BCUT2D eigenvalue weighted by molar-refractivity contribution is 5.84. The van der Waals surface area contributed by atoms with E-state index in [9.17, 15) is 4.79 Å². The second-order valence-corrected chi connectivity index (χ2v) is 3.76. The number of hydrogen-bond acceptors (Lipinski definition) is 5. The van der Waals surface area contributed by atoms with Crippen LogP contribution in [0.3, 0.4) is 0 Å². The first kappa shape index (κ1) is 11.4. The summed E-state index contributed by atoms with van der Waals surface area (Å²) in [5, 5.41) is 20.5. The lowest BCUT2D eigenvalue weighted by Crippen LogP contribution is -2.35. The predicted octanol–water partition coefficient (Wildman–Crippen LogP) is 0.358. The van der Waals surface area contributed by atoms with E-state index in [1.165, 1.54) is 6.20 Å². The van der Waals surface area contributed by atoms with E-state index in [2.05, 4.69) is 15.3 Å². The number of aliphatic hydroxyl groups is 1. The number of aliphatic hydroxyl groups excluding tert-OH is 1. The standard InChI is InChI=1S/C9H13N3O3/c1-9(2,5-13)12-7-4-10-6(3-11-7)8(14)15/h3-4,13H,5H2,1-2H3,(H,11,12)(H,14,15). The van der Waals surface area contributed by atoms with Crippen molar-refractivity contribution in [2.45, 2.75) is 19.4 Å². The van der Waals surface area contributed by atoms with Crippen LogP contribution in [0.2, 0.25) is 0 Å². The van der Waals surface area contributed by atoms with Gasteiger partial charge < -0.3 is 15.5 Å². The monoisotopic (exact) mass is 211 g/mol. The number of carbonyl (C=O) groups is 1. The van der Waals surface area contributed by atoms with Crippen LogP contribution in [-0.4, -0.2) is 38.3 Å². The third-order valence-corrected chi connectivity index (χ3v) is 1.73. The van der Waals surface area contributed by atoms with Crippen LogP contribution in [0.1, 0.15) is 24.3 Å². The number of aromatic nitrogens is 2. The van der Waals surface area contributed by atoms with Crippen LogP contribution in [0.5, 0.6) is 0 Å². The van der Waals surface area contributed by atoms with Gasteiger partial charge in [-0.15, -0.1) is 0 Å². The highest BCUT2D eigenvalue weighted by atomic mass is 16.4. The van der Waals surface area contributed by atoms with Crippen molar-refractivity contribution in [3.05, 3.63) is 18.1 Å². The maximum Gasteiger partial charge on any atom is 0.356 e. The normalized spacial score (nSPS) is 11.1. The summed E-state index contributed by atoms with van der Waals surface area (Å²) in [5.41, 5.74) is -0.623. The fourth-order valence-electron chi connectivity index (χ4n) is 0.889. The first-order valence-corrected chi connectivity index (χ1v) is 4.39. The van der Waals surface area contributed by atoms with Crippen molar-refractivity contribution in [3.63, 3.8) is 0 Å². The Morgan fingerprint density at radius 3 is 2.53 bits per heavy atom. The Morgan fingerprint density at radius 1 is 1.47 bits per heavy atom. The SMILES string of the molecule is CC(C)(CO)Nc1cnc(C(=O)O)cn1. The van der Waals surface area contributed by atoms with E-state index in [0.29, 0.717) is 5.82 Å². The molecule has 0 aromatic carbocycles. The Balaban J connectivity index is 2.77. The molecule has 1 aromatic rings. The molecular formula is C9H13N3O3. The van der Waals surface area contributed by atoms with E-state index in [-0.39, 0.29) is 12.3 Å². The van der Waals surface area contributed by atoms with Gasteiger partial charge in [-0.2, -0.15) is 0 Å². The number of carboxylic acid groups (broad SMARTS) is 1. The number of aromatic carboxylic acids is 1.